The highest BCUT2D eigenvalue weighted by Gasteiger charge is 2.25. The maximum atomic E-state index is 12.1. The van der Waals surface area contributed by atoms with Crippen LogP contribution < -0.4 is 5.32 Å². The van der Waals surface area contributed by atoms with Gasteiger partial charge in [-0.2, -0.15) is 5.10 Å². The molecule has 0 saturated carbocycles. The van der Waals surface area contributed by atoms with Gasteiger partial charge in [-0.05, 0) is 26.3 Å². The van der Waals surface area contributed by atoms with Crippen LogP contribution in [0.5, 0.6) is 0 Å². The summed E-state index contributed by atoms with van der Waals surface area (Å²) >= 11 is 0. The lowest BCUT2D eigenvalue weighted by Crippen LogP contribution is -2.31. The molecular weight excluding hydrogens is 322 g/mol. The van der Waals surface area contributed by atoms with Crippen molar-refractivity contribution in [2.45, 2.75) is 46.4 Å². The first-order valence-electron chi connectivity index (χ1n) is 8.15. The highest BCUT2D eigenvalue weighted by atomic mass is 16.5. The zero-order chi connectivity index (χ0) is 18.4. The van der Waals surface area contributed by atoms with Gasteiger partial charge in [0.05, 0.1) is 18.2 Å². The minimum Gasteiger partial charge on any atom is -0.481 e. The van der Waals surface area contributed by atoms with E-state index >= 15 is 0 Å². The van der Waals surface area contributed by atoms with Gasteiger partial charge in [-0.15, -0.1) is 0 Å². The molecular formula is C18H23N3O4. The molecule has 134 valence electrons. The number of carboxylic acid groups (broad SMARTS) is 1. The molecule has 1 aromatic heterocycles. The SMILES string of the molecule is CCn1nc(C)c([C@@H](CC(=O)O)NC(=O)OCc2ccccc2)c1C. The van der Waals surface area contributed by atoms with E-state index in [1.807, 2.05) is 44.2 Å². The number of benzene rings is 1. The average Bonchev–Trinajstić information content (AvgIpc) is 2.86. The van der Waals surface area contributed by atoms with E-state index in [1.165, 1.54) is 0 Å². The quantitative estimate of drug-likeness (QED) is 0.805. The standard InChI is InChI=1S/C18H23N3O4/c1-4-21-13(3)17(12(2)20-21)15(10-16(22)23)19-18(24)25-11-14-8-6-5-7-9-14/h5-9,15H,4,10-11H2,1-3H3,(H,19,24)(H,22,23)/t15-/m1/s1. The summed E-state index contributed by atoms with van der Waals surface area (Å²) in [6, 6.07) is 8.60. The van der Waals surface area contributed by atoms with E-state index < -0.39 is 18.1 Å². The number of rotatable bonds is 7. The largest absolute Gasteiger partial charge is 0.481 e. The van der Waals surface area contributed by atoms with E-state index in [9.17, 15) is 14.7 Å². The number of aryl methyl sites for hydroxylation is 2. The first-order valence-corrected chi connectivity index (χ1v) is 8.15. The minimum atomic E-state index is -1.00. The first-order chi connectivity index (χ1) is 11.9. The molecule has 7 heteroatoms. The minimum absolute atomic E-state index is 0.124. The molecule has 0 saturated heterocycles. The molecule has 0 unspecified atom stereocenters. The Morgan fingerprint density at radius 2 is 1.96 bits per heavy atom. The number of carboxylic acids is 1. The van der Waals surface area contributed by atoms with Crippen molar-refractivity contribution in [2.75, 3.05) is 0 Å². The number of ether oxygens (including phenoxy) is 1. The zero-order valence-electron chi connectivity index (χ0n) is 14.7. The number of nitrogens with zero attached hydrogens (tertiary/aromatic N) is 2. The Bertz CT molecular complexity index is 740. The van der Waals surface area contributed by atoms with Crippen LogP contribution in [0.4, 0.5) is 4.79 Å². The van der Waals surface area contributed by atoms with E-state index in [4.69, 9.17) is 4.74 Å². The van der Waals surface area contributed by atoms with Crippen molar-refractivity contribution in [3.8, 4) is 0 Å². The molecule has 7 nitrogen and oxygen atoms in total. The van der Waals surface area contributed by atoms with E-state index in [1.54, 1.807) is 11.6 Å². The van der Waals surface area contributed by atoms with Crippen LogP contribution in [0.1, 0.15) is 41.9 Å². The van der Waals surface area contributed by atoms with Crippen LogP contribution in [0.3, 0.4) is 0 Å². The van der Waals surface area contributed by atoms with Gasteiger partial charge in [-0.1, -0.05) is 30.3 Å². The van der Waals surface area contributed by atoms with E-state index in [0.717, 1.165) is 16.8 Å². The third-order valence-corrected chi connectivity index (χ3v) is 3.97. The number of aromatic nitrogens is 2. The van der Waals surface area contributed by atoms with Gasteiger partial charge in [-0.3, -0.25) is 9.48 Å². The van der Waals surface area contributed by atoms with Crippen LogP contribution in [0.2, 0.25) is 0 Å². The van der Waals surface area contributed by atoms with Crippen molar-refractivity contribution < 1.29 is 19.4 Å². The van der Waals surface area contributed by atoms with Crippen molar-refractivity contribution in [2.24, 2.45) is 0 Å². The molecule has 1 amide bonds. The number of aliphatic carboxylic acids is 1. The van der Waals surface area contributed by atoms with E-state index in [0.29, 0.717) is 12.2 Å². The molecule has 0 aliphatic carbocycles. The van der Waals surface area contributed by atoms with Crippen molar-refractivity contribution in [1.82, 2.24) is 15.1 Å². The van der Waals surface area contributed by atoms with Crippen LogP contribution in [0.25, 0.3) is 0 Å². The van der Waals surface area contributed by atoms with Crippen LogP contribution in [0.15, 0.2) is 30.3 Å². The van der Waals surface area contributed by atoms with Crippen LogP contribution in [-0.2, 0) is 22.7 Å². The Morgan fingerprint density at radius 1 is 1.28 bits per heavy atom. The van der Waals surface area contributed by atoms with Gasteiger partial charge in [0, 0.05) is 17.8 Å². The molecule has 2 N–H and O–H groups in total. The maximum absolute atomic E-state index is 12.1. The van der Waals surface area contributed by atoms with Crippen LogP contribution in [0, 0.1) is 13.8 Å². The lowest BCUT2D eigenvalue weighted by Gasteiger charge is -2.18. The predicted octanol–water partition coefficient (Wildman–Crippen LogP) is 2.96. The molecule has 0 bridgehead atoms. The number of alkyl carbamates (subject to hydrolysis) is 1. The predicted molar refractivity (Wildman–Crippen MR) is 92.1 cm³/mol. The Kier molecular flexibility index (Phi) is 6.16. The van der Waals surface area contributed by atoms with Gasteiger partial charge in [0.2, 0.25) is 0 Å². The number of hydrogen-bond acceptors (Lipinski definition) is 4. The first kappa shape index (κ1) is 18.5. The van der Waals surface area contributed by atoms with E-state index in [-0.39, 0.29) is 13.0 Å². The fourth-order valence-electron chi connectivity index (χ4n) is 2.83. The topological polar surface area (TPSA) is 93.5 Å². The monoisotopic (exact) mass is 345 g/mol. The van der Waals surface area contributed by atoms with Gasteiger partial charge in [-0.25, -0.2) is 4.79 Å². The molecule has 2 rings (SSSR count). The van der Waals surface area contributed by atoms with Gasteiger partial charge in [0.15, 0.2) is 0 Å². The molecule has 1 aromatic carbocycles. The Hall–Kier alpha value is -2.83. The Balaban J connectivity index is 2.11. The molecule has 1 atom stereocenters. The molecule has 0 aliphatic rings. The molecule has 0 aliphatic heterocycles. The molecule has 0 spiro atoms. The number of hydrogen-bond donors (Lipinski definition) is 2. The molecule has 0 radical (unpaired) electrons. The third-order valence-electron chi connectivity index (χ3n) is 3.97. The fourth-order valence-corrected chi connectivity index (χ4v) is 2.83. The summed E-state index contributed by atoms with van der Waals surface area (Å²) in [5, 5.41) is 16.2. The number of carbonyl (C=O) groups is 2. The highest BCUT2D eigenvalue weighted by molar-refractivity contribution is 5.72. The summed E-state index contributed by atoms with van der Waals surface area (Å²) in [6.45, 7) is 6.42. The maximum Gasteiger partial charge on any atom is 0.407 e. The molecule has 25 heavy (non-hydrogen) atoms. The summed E-state index contributed by atoms with van der Waals surface area (Å²) in [7, 11) is 0. The third kappa shape index (κ3) is 4.82. The summed E-state index contributed by atoms with van der Waals surface area (Å²) in [6.07, 6.45) is -0.893. The second kappa shape index (κ2) is 8.32. The molecule has 1 heterocycles. The second-order valence-corrected chi connectivity index (χ2v) is 5.76. The second-order valence-electron chi connectivity index (χ2n) is 5.76. The average molecular weight is 345 g/mol. The van der Waals surface area contributed by atoms with Gasteiger partial charge in [0.25, 0.3) is 0 Å². The zero-order valence-corrected chi connectivity index (χ0v) is 14.7. The fraction of sp³-hybridized carbons (Fsp3) is 0.389. The number of nitrogens with one attached hydrogen (secondary N) is 1. The normalized spacial score (nSPS) is 11.8. The van der Waals surface area contributed by atoms with Crippen molar-refractivity contribution in [3.05, 3.63) is 52.8 Å². The number of amides is 1. The summed E-state index contributed by atoms with van der Waals surface area (Å²) in [5.74, 6) is -1.00. The van der Waals surface area contributed by atoms with Crippen molar-refractivity contribution in [1.29, 1.82) is 0 Å². The lowest BCUT2D eigenvalue weighted by molar-refractivity contribution is -0.137. The van der Waals surface area contributed by atoms with Gasteiger partial charge < -0.3 is 15.2 Å². The van der Waals surface area contributed by atoms with Gasteiger partial charge in [0.1, 0.15) is 6.61 Å². The summed E-state index contributed by atoms with van der Waals surface area (Å²) in [5.41, 5.74) is 3.13. The van der Waals surface area contributed by atoms with Crippen LogP contribution >= 0.6 is 0 Å². The summed E-state index contributed by atoms with van der Waals surface area (Å²) < 4.78 is 6.99. The smallest absolute Gasteiger partial charge is 0.407 e. The van der Waals surface area contributed by atoms with Gasteiger partial charge >= 0.3 is 12.1 Å². The van der Waals surface area contributed by atoms with Crippen LogP contribution in [-0.4, -0.2) is 26.9 Å². The molecule has 0 fully saturated rings. The number of carbonyl (C=O) groups excluding carboxylic acids is 1. The Morgan fingerprint density at radius 3 is 2.52 bits per heavy atom. The highest BCUT2D eigenvalue weighted by Crippen LogP contribution is 2.24. The van der Waals surface area contributed by atoms with Crippen molar-refractivity contribution in [3.63, 3.8) is 0 Å². The lowest BCUT2D eigenvalue weighted by atomic mass is 10.0. The molecule has 2 aromatic rings. The van der Waals surface area contributed by atoms with Crippen molar-refractivity contribution >= 4 is 12.1 Å². The van der Waals surface area contributed by atoms with E-state index in [2.05, 4.69) is 10.4 Å². The summed E-state index contributed by atoms with van der Waals surface area (Å²) in [4.78, 5) is 23.4. The Labute approximate surface area is 146 Å².